The van der Waals surface area contributed by atoms with Crippen molar-refractivity contribution < 1.29 is 4.39 Å². The molecule has 1 fully saturated rings. The molecule has 1 N–H and O–H groups in total. The Hall–Kier alpha value is -0.410. The van der Waals surface area contributed by atoms with Gasteiger partial charge in [0, 0.05) is 11.0 Å². The van der Waals surface area contributed by atoms with Crippen molar-refractivity contribution in [3.05, 3.63) is 34.1 Å². The second-order valence-electron chi connectivity index (χ2n) is 4.48. The first-order valence-corrected chi connectivity index (χ1v) is 6.02. The number of nitrogens with one attached hydrogen (secondary N) is 1. The molecule has 0 radical (unpaired) electrons. The van der Waals surface area contributed by atoms with E-state index >= 15 is 0 Å². The average molecular weight is 272 g/mol. The van der Waals surface area contributed by atoms with Gasteiger partial charge < -0.3 is 5.32 Å². The fourth-order valence-electron chi connectivity index (χ4n) is 2.11. The molecule has 0 aromatic heterocycles. The molecule has 0 amide bonds. The van der Waals surface area contributed by atoms with Crippen LogP contribution in [-0.4, -0.2) is 13.6 Å². The summed E-state index contributed by atoms with van der Waals surface area (Å²) in [7, 11) is 1.97. The van der Waals surface area contributed by atoms with Gasteiger partial charge in [-0.3, -0.25) is 0 Å². The Balaban J connectivity index is 2.10. The number of hydrogen-bond acceptors (Lipinski definition) is 1. The molecule has 0 aliphatic heterocycles. The Labute approximate surface area is 98.2 Å². The maximum absolute atomic E-state index is 13.2. The molecular formula is C12H15BrFN. The monoisotopic (exact) mass is 271 g/mol. The highest BCUT2D eigenvalue weighted by Gasteiger charge is 2.41. The first-order valence-electron chi connectivity index (χ1n) is 5.23. The lowest BCUT2D eigenvalue weighted by molar-refractivity contribution is 0.476. The fourth-order valence-corrected chi connectivity index (χ4v) is 2.63. The van der Waals surface area contributed by atoms with E-state index in [1.165, 1.54) is 18.9 Å². The Morgan fingerprint density at radius 3 is 2.67 bits per heavy atom. The summed E-state index contributed by atoms with van der Waals surface area (Å²) in [6, 6.07) is 5.15. The predicted octanol–water partition coefficient (Wildman–Crippen LogP) is 3.13. The normalized spacial score (nSPS) is 17.8. The molecule has 1 aromatic rings. The summed E-state index contributed by atoms with van der Waals surface area (Å²) in [5.74, 6) is -0.153. The minimum atomic E-state index is -0.153. The van der Waals surface area contributed by atoms with Crippen LogP contribution in [0.2, 0.25) is 0 Å². The van der Waals surface area contributed by atoms with Gasteiger partial charge in [0.1, 0.15) is 5.82 Å². The van der Waals surface area contributed by atoms with Crippen LogP contribution in [0.5, 0.6) is 0 Å². The third kappa shape index (κ3) is 2.79. The molecule has 1 saturated carbocycles. The van der Waals surface area contributed by atoms with E-state index in [0.29, 0.717) is 5.41 Å². The van der Waals surface area contributed by atoms with Crippen molar-refractivity contribution in [2.24, 2.45) is 5.41 Å². The third-order valence-electron chi connectivity index (χ3n) is 3.01. The lowest BCUT2D eigenvalue weighted by atomic mass is 9.96. The molecule has 0 saturated heterocycles. The zero-order valence-electron chi connectivity index (χ0n) is 8.82. The quantitative estimate of drug-likeness (QED) is 0.888. The number of hydrogen-bond donors (Lipinski definition) is 1. The minimum absolute atomic E-state index is 0.153. The van der Waals surface area contributed by atoms with Crippen LogP contribution in [0.25, 0.3) is 0 Å². The van der Waals surface area contributed by atoms with Gasteiger partial charge in [-0.15, -0.1) is 0 Å². The van der Waals surface area contributed by atoms with E-state index in [-0.39, 0.29) is 5.82 Å². The Kier molecular flexibility index (Phi) is 3.12. The summed E-state index contributed by atoms with van der Waals surface area (Å²) in [4.78, 5) is 0. The van der Waals surface area contributed by atoms with Crippen LogP contribution in [0.15, 0.2) is 22.7 Å². The molecule has 1 aliphatic rings. The lowest BCUT2D eigenvalue weighted by Gasteiger charge is -2.14. The minimum Gasteiger partial charge on any atom is -0.319 e. The van der Waals surface area contributed by atoms with Gasteiger partial charge in [-0.1, -0.05) is 15.9 Å². The topological polar surface area (TPSA) is 12.0 Å². The lowest BCUT2D eigenvalue weighted by Crippen LogP contribution is -2.21. The smallest absolute Gasteiger partial charge is 0.124 e. The van der Waals surface area contributed by atoms with E-state index in [2.05, 4.69) is 21.2 Å². The number of halogens is 2. The molecule has 0 spiro atoms. The van der Waals surface area contributed by atoms with E-state index < -0.39 is 0 Å². The second kappa shape index (κ2) is 4.22. The highest BCUT2D eigenvalue weighted by atomic mass is 79.9. The van der Waals surface area contributed by atoms with Crippen LogP contribution in [0.1, 0.15) is 18.4 Å². The first-order chi connectivity index (χ1) is 7.13. The van der Waals surface area contributed by atoms with Gasteiger partial charge in [0.15, 0.2) is 0 Å². The van der Waals surface area contributed by atoms with Crippen LogP contribution in [0.3, 0.4) is 0 Å². The Bertz CT molecular complexity index is 340. The highest BCUT2D eigenvalue weighted by molar-refractivity contribution is 9.10. The summed E-state index contributed by atoms with van der Waals surface area (Å²) in [6.45, 7) is 1.03. The summed E-state index contributed by atoms with van der Waals surface area (Å²) in [5.41, 5.74) is 1.48. The Morgan fingerprint density at radius 1 is 1.40 bits per heavy atom. The molecule has 1 aliphatic carbocycles. The van der Waals surface area contributed by atoms with Crippen molar-refractivity contribution in [2.75, 3.05) is 13.6 Å². The molecule has 1 nitrogen and oxygen atoms in total. The maximum Gasteiger partial charge on any atom is 0.124 e. The van der Waals surface area contributed by atoms with Crippen LogP contribution in [0, 0.1) is 11.2 Å². The first kappa shape index (κ1) is 11.1. The van der Waals surface area contributed by atoms with Crippen molar-refractivity contribution in [1.29, 1.82) is 0 Å². The number of rotatable bonds is 4. The zero-order chi connectivity index (χ0) is 10.9. The molecular weight excluding hydrogens is 257 g/mol. The average Bonchev–Trinajstić information content (AvgIpc) is 2.83. The summed E-state index contributed by atoms with van der Waals surface area (Å²) < 4.78 is 14.0. The molecule has 0 heterocycles. The third-order valence-corrected chi connectivity index (χ3v) is 3.47. The van der Waals surface area contributed by atoms with Gasteiger partial charge in [-0.25, -0.2) is 4.39 Å². The van der Waals surface area contributed by atoms with Gasteiger partial charge in [0.2, 0.25) is 0 Å². The van der Waals surface area contributed by atoms with E-state index in [9.17, 15) is 4.39 Å². The largest absolute Gasteiger partial charge is 0.319 e. The SMILES string of the molecule is CNCC1(Cc2cc(F)cc(Br)c2)CC1. The molecule has 15 heavy (non-hydrogen) atoms. The predicted molar refractivity (Wildman–Crippen MR) is 63.4 cm³/mol. The van der Waals surface area contributed by atoms with E-state index in [1.54, 1.807) is 6.07 Å². The molecule has 3 heteroatoms. The van der Waals surface area contributed by atoms with Crippen molar-refractivity contribution in [1.82, 2.24) is 5.32 Å². The van der Waals surface area contributed by atoms with E-state index in [1.807, 2.05) is 13.1 Å². The highest BCUT2D eigenvalue weighted by Crippen LogP contribution is 2.47. The van der Waals surface area contributed by atoms with Crippen molar-refractivity contribution in [2.45, 2.75) is 19.3 Å². The molecule has 0 unspecified atom stereocenters. The fraction of sp³-hybridized carbons (Fsp3) is 0.500. The standard InChI is InChI=1S/C12H15BrFN/c1-15-8-12(2-3-12)7-9-4-10(13)6-11(14)5-9/h4-6,15H,2-3,7-8H2,1H3. The van der Waals surface area contributed by atoms with Gasteiger partial charge in [0.25, 0.3) is 0 Å². The second-order valence-corrected chi connectivity index (χ2v) is 5.40. The van der Waals surface area contributed by atoms with Crippen LogP contribution >= 0.6 is 15.9 Å². The zero-order valence-corrected chi connectivity index (χ0v) is 10.4. The summed E-state index contributed by atoms with van der Waals surface area (Å²) >= 11 is 3.32. The summed E-state index contributed by atoms with van der Waals surface area (Å²) in [6.07, 6.45) is 3.48. The van der Waals surface area contributed by atoms with Crippen LogP contribution in [0.4, 0.5) is 4.39 Å². The molecule has 0 atom stereocenters. The van der Waals surface area contributed by atoms with E-state index in [4.69, 9.17) is 0 Å². The van der Waals surface area contributed by atoms with Gasteiger partial charge in [-0.05, 0) is 55.5 Å². The van der Waals surface area contributed by atoms with Crippen molar-refractivity contribution in [3.63, 3.8) is 0 Å². The summed E-state index contributed by atoms with van der Waals surface area (Å²) in [5, 5.41) is 3.21. The van der Waals surface area contributed by atoms with E-state index in [0.717, 1.165) is 23.0 Å². The Morgan fingerprint density at radius 2 is 2.13 bits per heavy atom. The maximum atomic E-state index is 13.2. The van der Waals surface area contributed by atoms with Crippen LogP contribution in [-0.2, 0) is 6.42 Å². The molecule has 82 valence electrons. The van der Waals surface area contributed by atoms with Crippen molar-refractivity contribution in [3.8, 4) is 0 Å². The van der Waals surface area contributed by atoms with Gasteiger partial charge in [0.05, 0.1) is 0 Å². The molecule has 2 rings (SSSR count). The molecule has 0 bridgehead atoms. The molecule has 1 aromatic carbocycles. The van der Waals surface area contributed by atoms with Gasteiger partial charge in [-0.2, -0.15) is 0 Å². The number of benzene rings is 1. The van der Waals surface area contributed by atoms with Crippen molar-refractivity contribution >= 4 is 15.9 Å². The van der Waals surface area contributed by atoms with Crippen LogP contribution < -0.4 is 5.32 Å². The van der Waals surface area contributed by atoms with Gasteiger partial charge >= 0.3 is 0 Å².